The van der Waals surface area contributed by atoms with Crippen LogP contribution in [0.2, 0.25) is 5.02 Å². The van der Waals surface area contributed by atoms with Crippen molar-refractivity contribution in [3.05, 3.63) is 58.1 Å². The second-order valence-electron chi connectivity index (χ2n) is 4.82. The minimum absolute atomic E-state index is 0.145. The van der Waals surface area contributed by atoms with Crippen molar-refractivity contribution in [2.24, 2.45) is 0 Å². The van der Waals surface area contributed by atoms with Gasteiger partial charge in [0.15, 0.2) is 16.8 Å². The molecule has 0 unspecified atom stereocenters. The lowest BCUT2D eigenvalue weighted by molar-refractivity contribution is 0.585. The van der Waals surface area contributed by atoms with Gasteiger partial charge in [-0.3, -0.25) is 0 Å². The van der Waals surface area contributed by atoms with E-state index < -0.39 is 22.2 Å². The van der Waals surface area contributed by atoms with Crippen LogP contribution in [0.5, 0.6) is 0 Å². The zero-order valence-electron chi connectivity index (χ0n) is 12.1. The zero-order chi connectivity index (χ0) is 17.3. The highest BCUT2D eigenvalue weighted by Gasteiger charge is 2.23. The molecule has 0 saturated heterocycles. The standard InChI is InChI=1S/C16H9ClF2N4S/c17-11-13(19)9(6-20)12(18)10-14(11)22-16(23-15(10)21)24-7-8-4-2-1-3-5-8/h1-5H,7H2,(H2,21,22,23). The van der Waals surface area contributed by atoms with E-state index in [1.54, 1.807) is 0 Å². The second-order valence-corrected chi connectivity index (χ2v) is 6.14. The van der Waals surface area contributed by atoms with Crippen LogP contribution in [0.1, 0.15) is 11.1 Å². The van der Waals surface area contributed by atoms with Crippen LogP contribution in [-0.4, -0.2) is 9.97 Å². The van der Waals surface area contributed by atoms with Crippen LogP contribution in [0.3, 0.4) is 0 Å². The molecule has 4 nitrogen and oxygen atoms in total. The van der Waals surface area contributed by atoms with Crippen LogP contribution in [0.25, 0.3) is 10.9 Å². The molecule has 8 heteroatoms. The molecule has 0 aliphatic carbocycles. The molecule has 3 rings (SSSR count). The predicted molar refractivity (Wildman–Crippen MR) is 89.6 cm³/mol. The van der Waals surface area contributed by atoms with Crippen LogP contribution >= 0.6 is 23.4 Å². The molecule has 2 N–H and O–H groups in total. The Kier molecular flexibility index (Phi) is 4.51. The Morgan fingerprint density at radius 3 is 2.54 bits per heavy atom. The van der Waals surface area contributed by atoms with Gasteiger partial charge in [0.2, 0.25) is 0 Å². The van der Waals surface area contributed by atoms with Crippen LogP contribution in [0.4, 0.5) is 14.6 Å². The SMILES string of the molecule is N#Cc1c(F)c(Cl)c2nc(SCc3ccccc3)nc(N)c2c1F. The van der Waals surface area contributed by atoms with Crippen LogP contribution in [-0.2, 0) is 5.75 Å². The Bertz CT molecular complexity index is 974. The maximum atomic E-state index is 14.3. The molecule has 120 valence electrons. The van der Waals surface area contributed by atoms with Crippen molar-refractivity contribution >= 4 is 40.1 Å². The fourth-order valence-electron chi connectivity index (χ4n) is 2.15. The van der Waals surface area contributed by atoms with Gasteiger partial charge in [0, 0.05) is 5.75 Å². The van der Waals surface area contributed by atoms with Crippen LogP contribution in [0, 0.1) is 23.0 Å². The molecule has 3 aromatic rings. The number of hydrogen-bond acceptors (Lipinski definition) is 5. The lowest BCUT2D eigenvalue weighted by atomic mass is 10.1. The number of fused-ring (bicyclic) bond motifs is 1. The molecule has 0 radical (unpaired) electrons. The second kappa shape index (κ2) is 6.59. The molecule has 0 bridgehead atoms. The Labute approximate surface area is 145 Å². The first-order chi connectivity index (χ1) is 11.5. The first kappa shape index (κ1) is 16.4. The highest BCUT2D eigenvalue weighted by atomic mass is 35.5. The molecule has 0 saturated carbocycles. The predicted octanol–water partition coefficient (Wildman–Crippen LogP) is 4.31. The number of anilines is 1. The number of nitrogen functional groups attached to an aromatic ring is 1. The smallest absolute Gasteiger partial charge is 0.190 e. The quantitative estimate of drug-likeness (QED) is 0.427. The minimum atomic E-state index is -1.15. The van der Waals surface area contributed by atoms with Crippen molar-refractivity contribution in [3.63, 3.8) is 0 Å². The molecule has 0 amide bonds. The van der Waals surface area contributed by atoms with Crippen molar-refractivity contribution in [2.75, 3.05) is 5.73 Å². The Hall–Kier alpha value is -2.43. The van der Waals surface area contributed by atoms with Crippen molar-refractivity contribution in [1.29, 1.82) is 5.26 Å². The number of benzene rings is 2. The Morgan fingerprint density at radius 1 is 1.17 bits per heavy atom. The number of nitriles is 1. The minimum Gasteiger partial charge on any atom is -0.383 e. The van der Waals surface area contributed by atoms with Gasteiger partial charge in [-0.1, -0.05) is 53.7 Å². The summed E-state index contributed by atoms with van der Waals surface area (Å²) in [5.74, 6) is -1.88. The van der Waals surface area contributed by atoms with Crippen molar-refractivity contribution in [3.8, 4) is 6.07 Å². The van der Waals surface area contributed by atoms with Crippen molar-refractivity contribution < 1.29 is 8.78 Å². The number of rotatable bonds is 3. The van der Waals surface area contributed by atoms with E-state index in [9.17, 15) is 8.78 Å². The molecular weight excluding hydrogens is 354 g/mol. The van der Waals surface area contributed by atoms with E-state index in [0.29, 0.717) is 5.75 Å². The number of nitrogens with two attached hydrogens (primary N) is 1. The van der Waals surface area contributed by atoms with Gasteiger partial charge < -0.3 is 5.73 Å². The maximum absolute atomic E-state index is 14.3. The van der Waals surface area contributed by atoms with Gasteiger partial charge in [-0.15, -0.1) is 0 Å². The molecule has 2 aromatic carbocycles. The first-order valence-electron chi connectivity index (χ1n) is 6.73. The average molecular weight is 363 g/mol. The van der Waals surface area contributed by atoms with E-state index >= 15 is 0 Å². The van der Waals surface area contributed by atoms with Gasteiger partial charge in [-0.05, 0) is 5.56 Å². The summed E-state index contributed by atoms with van der Waals surface area (Å²) in [6.45, 7) is 0. The molecule has 0 atom stereocenters. The summed E-state index contributed by atoms with van der Waals surface area (Å²) in [5.41, 5.74) is 5.87. The monoisotopic (exact) mass is 362 g/mol. The summed E-state index contributed by atoms with van der Waals surface area (Å²) in [6, 6.07) is 11.0. The number of nitrogens with zero attached hydrogens (tertiary/aromatic N) is 3. The van der Waals surface area contributed by atoms with Gasteiger partial charge in [-0.25, -0.2) is 18.7 Å². The Balaban J connectivity index is 2.07. The number of aromatic nitrogens is 2. The molecule has 0 aliphatic heterocycles. The lowest BCUT2D eigenvalue weighted by Crippen LogP contribution is -2.03. The van der Waals surface area contributed by atoms with Crippen molar-refractivity contribution in [1.82, 2.24) is 9.97 Å². The first-order valence-corrected chi connectivity index (χ1v) is 8.09. The fraction of sp³-hybridized carbons (Fsp3) is 0.0625. The summed E-state index contributed by atoms with van der Waals surface area (Å²) in [7, 11) is 0. The molecule has 1 heterocycles. The van der Waals surface area contributed by atoms with Crippen LogP contribution < -0.4 is 5.73 Å². The van der Waals surface area contributed by atoms with Crippen molar-refractivity contribution in [2.45, 2.75) is 10.9 Å². The Morgan fingerprint density at radius 2 is 1.88 bits per heavy atom. The van der Waals surface area contributed by atoms with Gasteiger partial charge >= 0.3 is 0 Å². The third-order valence-electron chi connectivity index (χ3n) is 3.30. The highest BCUT2D eigenvalue weighted by Crippen LogP contribution is 2.34. The number of halogens is 3. The summed E-state index contributed by atoms with van der Waals surface area (Å²) in [5, 5.41) is 8.42. The zero-order valence-corrected chi connectivity index (χ0v) is 13.6. The largest absolute Gasteiger partial charge is 0.383 e. The average Bonchev–Trinajstić information content (AvgIpc) is 2.59. The van der Waals surface area contributed by atoms with Gasteiger partial charge in [0.05, 0.1) is 5.39 Å². The third kappa shape index (κ3) is 2.86. The molecule has 0 aliphatic rings. The molecular formula is C16H9ClF2N4S. The number of thioether (sulfide) groups is 1. The van der Waals surface area contributed by atoms with E-state index in [0.717, 1.165) is 5.56 Å². The van der Waals surface area contributed by atoms with E-state index in [-0.39, 0.29) is 21.9 Å². The summed E-state index contributed by atoms with van der Waals surface area (Å²) < 4.78 is 28.3. The fourth-order valence-corrected chi connectivity index (χ4v) is 3.19. The molecule has 0 fully saturated rings. The van der Waals surface area contributed by atoms with E-state index in [4.69, 9.17) is 22.6 Å². The maximum Gasteiger partial charge on any atom is 0.190 e. The molecule has 24 heavy (non-hydrogen) atoms. The van der Waals surface area contributed by atoms with Gasteiger partial charge in [-0.2, -0.15) is 5.26 Å². The summed E-state index contributed by atoms with van der Waals surface area (Å²) in [4.78, 5) is 8.12. The number of hydrogen-bond donors (Lipinski definition) is 1. The molecule has 1 aromatic heterocycles. The topological polar surface area (TPSA) is 75.6 Å². The van der Waals surface area contributed by atoms with E-state index in [1.165, 1.54) is 17.8 Å². The van der Waals surface area contributed by atoms with Gasteiger partial charge in [0.1, 0.15) is 28.0 Å². The summed E-state index contributed by atoms with van der Waals surface area (Å²) >= 11 is 7.16. The molecule has 0 spiro atoms. The van der Waals surface area contributed by atoms with Gasteiger partial charge in [0.25, 0.3) is 0 Å². The normalized spacial score (nSPS) is 10.8. The highest BCUT2D eigenvalue weighted by molar-refractivity contribution is 7.98. The van der Waals surface area contributed by atoms with E-state index in [1.807, 2.05) is 30.3 Å². The summed E-state index contributed by atoms with van der Waals surface area (Å²) in [6.07, 6.45) is 0. The van der Waals surface area contributed by atoms with Crippen LogP contribution in [0.15, 0.2) is 35.5 Å². The van der Waals surface area contributed by atoms with E-state index in [2.05, 4.69) is 9.97 Å². The lowest BCUT2D eigenvalue weighted by Gasteiger charge is -2.09. The third-order valence-corrected chi connectivity index (χ3v) is 4.56.